The van der Waals surface area contributed by atoms with Crippen LogP contribution in [0.15, 0.2) is 71.5 Å². The molecular weight excluding hydrogens is 510 g/mol. The van der Waals surface area contributed by atoms with Crippen LogP contribution in [0.2, 0.25) is 0 Å². The number of rotatable bonds is 3. The third-order valence-corrected chi connectivity index (χ3v) is 8.65. The summed E-state index contributed by atoms with van der Waals surface area (Å²) in [6, 6.07) is 18.3. The summed E-state index contributed by atoms with van der Waals surface area (Å²) in [5.41, 5.74) is 1.05. The van der Waals surface area contributed by atoms with E-state index in [1.807, 2.05) is 44.2 Å². The summed E-state index contributed by atoms with van der Waals surface area (Å²) in [6.07, 6.45) is 0. The second-order valence-electron chi connectivity index (χ2n) is 11.1. The molecule has 1 N–H and O–H groups in total. The van der Waals surface area contributed by atoms with Gasteiger partial charge in [0.15, 0.2) is 0 Å². The number of anilines is 1. The fraction of sp³-hybridized carbons (Fsp3) is 0.267. The SMILES string of the molecule is Cc1cc([N+](=O)[O-])ccc1N1C(=O)[C@@H]2[C@H](C(C)C)N[C@]3(c4ccccc4-n4c3nc3ccccc3c4=O)[C@H]2C1=O. The van der Waals surface area contributed by atoms with Crippen molar-refractivity contribution in [2.24, 2.45) is 17.8 Å². The first-order chi connectivity index (χ1) is 19.2. The lowest BCUT2D eigenvalue weighted by Crippen LogP contribution is -2.51. The van der Waals surface area contributed by atoms with E-state index in [9.17, 15) is 24.5 Å². The number of fused-ring (bicyclic) bond motifs is 8. The molecule has 0 bridgehead atoms. The summed E-state index contributed by atoms with van der Waals surface area (Å²) >= 11 is 0. The molecule has 2 saturated heterocycles. The van der Waals surface area contributed by atoms with Crippen LogP contribution in [0.3, 0.4) is 0 Å². The number of amides is 2. The van der Waals surface area contributed by atoms with E-state index < -0.39 is 34.2 Å². The molecule has 1 aromatic heterocycles. The van der Waals surface area contributed by atoms with E-state index in [1.165, 1.54) is 23.1 Å². The number of hydrogen-bond donors (Lipinski definition) is 1. The van der Waals surface area contributed by atoms with Crippen LogP contribution in [0.5, 0.6) is 0 Å². The molecule has 40 heavy (non-hydrogen) atoms. The molecule has 3 aliphatic heterocycles. The van der Waals surface area contributed by atoms with Crippen LogP contribution >= 0.6 is 0 Å². The number of nitro groups is 1. The van der Waals surface area contributed by atoms with E-state index >= 15 is 0 Å². The molecule has 4 aromatic rings. The van der Waals surface area contributed by atoms with Crippen molar-refractivity contribution < 1.29 is 14.5 Å². The maximum Gasteiger partial charge on any atom is 0.269 e. The third-order valence-electron chi connectivity index (χ3n) is 8.65. The number of nitrogens with zero attached hydrogens (tertiary/aromatic N) is 4. The molecule has 4 heterocycles. The molecule has 0 aliphatic carbocycles. The lowest BCUT2D eigenvalue weighted by molar-refractivity contribution is -0.384. The zero-order valence-corrected chi connectivity index (χ0v) is 22.0. The van der Waals surface area contributed by atoms with Gasteiger partial charge in [-0.1, -0.05) is 44.2 Å². The predicted molar refractivity (Wildman–Crippen MR) is 147 cm³/mol. The molecular formula is C30H25N5O5. The standard InChI is InChI=1S/C30H25N5O5/c1-15(2)25-23-24(28(38)33(27(23)37)21-13-12-17(35(39)40)14-16(21)3)30(32-25)19-9-5-7-11-22(19)34-26(36)18-8-4-6-10-20(18)31-29(30)34/h4-15,23-25,32H,1-3H3/t23-,24+,25-,30+/m0/s1. The maximum atomic E-state index is 14.5. The van der Waals surface area contributed by atoms with Gasteiger partial charge >= 0.3 is 0 Å². The fourth-order valence-corrected chi connectivity index (χ4v) is 6.97. The summed E-state index contributed by atoms with van der Waals surface area (Å²) in [5.74, 6) is -2.05. The van der Waals surface area contributed by atoms with E-state index in [2.05, 4.69) is 5.32 Å². The predicted octanol–water partition coefficient (Wildman–Crippen LogP) is 3.59. The van der Waals surface area contributed by atoms with Crippen LogP contribution in [0, 0.1) is 34.8 Å². The van der Waals surface area contributed by atoms with Gasteiger partial charge in [0.2, 0.25) is 11.8 Å². The topological polar surface area (TPSA) is 127 Å². The number of imide groups is 1. The van der Waals surface area contributed by atoms with Crippen LogP contribution in [0.1, 0.15) is 30.8 Å². The molecule has 1 spiro atoms. The Morgan fingerprint density at radius 1 is 0.975 bits per heavy atom. The van der Waals surface area contributed by atoms with Gasteiger partial charge in [-0.3, -0.25) is 34.4 Å². The average molecular weight is 536 g/mol. The van der Waals surface area contributed by atoms with E-state index in [0.29, 0.717) is 33.7 Å². The second-order valence-corrected chi connectivity index (χ2v) is 11.1. The number of non-ortho nitro benzene ring substituents is 1. The molecule has 4 atom stereocenters. The van der Waals surface area contributed by atoms with E-state index in [-0.39, 0.29) is 23.1 Å². The van der Waals surface area contributed by atoms with Gasteiger partial charge in [-0.15, -0.1) is 0 Å². The Kier molecular flexibility index (Phi) is 4.96. The smallest absolute Gasteiger partial charge is 0.269 e. The second kappa shape index (κ2) is 8.15. The lowest BCUT2D eigenvalue weighted by Gasteiger charge is -2.32. The zero-order chi connectivity index (χ0) is 28.1. The summed E-state index contributed by atoms with van der Waals surface area (Å²) < 4.78 is 1.57. The van der Waals surface area contributed by atoms with Crippen molar-refractivity contribution in [3.05, 3.63) is 104 Å². The molecule has 3 aromatic carbocycles. The normalized spacial score (nSPS) is 24.7. The highest BCUT2D eigenvalue weighted by molar-refractivity contribution is 6.23. The molecule has 2 amide bonds. The molecule has 10 nitrogen and oxygen atoms in total. The Labute approximate surface area is 228 Å². The Morgan fingerprint density at radius 2 is 1.70 bits per heavy atom. The first kappa shape index (κ1) is 24.3. The van der Waals surface area contributed by atoms with Gasteiger partial charge < -0.3 is 0 Å². The van der Waals surface area contributed by atoms with Crippen molar-refractivity contribution in [3.8, 4) is 5.69 Å². The number of hydrogen-bond acceptors (Lipinski definition) is 7. The summed E-state index contributed by atoms with van der Waals surface area (Å²) in [4.78, 5) is 59.5. The molecule has 10 heteroatoms. The van der Waals surface area contributed by atoms with Crippen LogP contribution < -0.4 is 15.8 Å². The van der Waals surface area contributed by atoms with Crippen molar-refractivity contribution in [1.82, 2.24) is 14.9 Å². The van der Waals surface area contributed by atoms with Crippen LogP contribution in [0.25, 0.3) is 16.6 Å². The van der Waals surface area contributed by atoms with E-state index in [1.54, 1.807) is 29.7 Å². The van der Waals surface area contributed by atoms with Gasteiger partial charge in [0.1, 0.15) is 11.4 Å². The highest BCUT2D eigenvalue weighted by Gasteiger charge is 2.70. The number of carbonyl (C=O) groups excluding carboxylic acids is 2. The quantitative estimate of drug-likeness (QED) is 0.241. The van der Waals surface area contributed by atoms with Crippen LogP contribution in [-0.4, -0.2) is 32.3 Å². The Morgan fingerprint density at radius 3 is 2.42 bits per heavy atom. The molecule has 200 valence electrons. The molecule has 0 saturated carbocycles. The van der Waals surface area contributed by atoms with E-state index in [4.69, 9.17) is 4.98 Å². The first-order valence-corrected chi connectivity index (χ1v) is 13.2. The van der Waals surface area contributed by atoms with E-state index in [0.717, 1.165) is 5.56 Å². The molecule has 3 aliphatic rings. The molecule has 2 fully saturated rings. The maximum absolute atomic E-state index is 14.5. The molecule has 0 unspecified atom stereocenters. The first-order valence-electron chi connectivity index (χ1n) is 13.2. The monoisotopic (exact) mass is 535 g/mol. The van der Waals surface area contributed by atoms with Gasteiger partial charge in [0.25, 0.3) is 11.2 Å². The van der Waals surface area contributed by atoms with Crippen molar-refractivity contribution in [2.75, 3.05) is 4.90 Å². The Bertz CT molecular complexity index is 1860. The van der Waals surface area contributed by atoms with Crippen LogP contribution in [0.4, 0.5) is 11.4 Å². The molecule has 0 radical (unpaired) electrons. The number of carbonyl (C=O) groups is 2. The number of benzene rings is 3. The van der Waals surface area contributed by atoms with Gasteiger partial charge in [0.05, 0.1) is 39.0 Å². The summed E-state index contributed by atoms with van der Waals surface area (Å²) in [6.45, 7) is 5.64. The minimum Gasteiger partial charge on any atom is -0.296 e. The largest absolute Gasteiger partial charge is 0.296 e. The lowest BCUT2D eigenvalue weighted by atomic mass is 9.75. The van der Waals surface area contributed by atoms with Crippen molar-refractivity contribution in [1.29, 1.82) is 0 Å². The minimum absolute atomic E-state index is 0.0325. The Balaban J connectivity index is 1.50. The number of nitrogens with one attached hydrogen (secondary N) is 1. The van der Waals surface area contributed by atoms with Crippen molar-refractivity contribution in [3.63, 3.8) is 0 Å². The van der Waals surface area contributed by atoms with Gasteiger partial charge in [-0.2, -0.15) is 0 Å². The highest BCUT2D eigenvalue weighted by atomic mass is 16.6. The number of para-hydroxylation sites is 2. The Hall–Kier alpha value is -4.70. The fourth-order valence-electron chi connectivity index (χ4n) is 6.97. The van der Waals surface area contributed by atoms with Gasteiger partial charge in [-0.25, -0.2) is 9.88 Å². The van der Waals surface area contributed by atoms with Crippen molar-refractivity contribution in [2.45, 2.75) is 32.4 Å². The number of aromatic nitrogens is 2. The van der Waals surface area contributed by atoms with Gasteiger partial charge in [0, 0.05) is 23.7 Å². The summed E-state index contributed by atoms with van der Waals surface area (Å²) in [7, 11) is 0. The third kappa shape index (κ3) is 2.91. The van der Waals surface area contributed by atoms with Crippen LogP contribution in [-0.2, 0) is 15.1 Å². The zero-order valence-electron chi connectivity index (χ0n) is 22.0. The number of nitro benzene ring substituents is 1. The minimum atomic E-state index is -1.23. The molecule has 7 rings (SSSR count). The van der Waals surface area contributed by atoms with Crippen molar-refractivity contribution >= 4 is 34.1 Å². The van der Waals surface area contributed by atoms with Gasteiger partial charge in [-0.05, 0) is 42.7 Å². The summed E-state index contributed by atoms with van der Waals surface area (Å²) in [5, 5.41) is 15.5. The average Bonchev–Trinajstić information content (AvgIpc) is 3.53. The highest BCUT2D eigenvalue weighted by Crippen LogP contribution is 2.56. The number of aryl methyl sites for hydroxylation is 1.